The van der Waals surface area contributed by atoms with Crippen LogP contribution in [0.4, 0.5) is 4.79 Å². The fraction of sp³-hybridized carbons (Fsp3) is 0.882. The number of carbonyl (C=O) groups excluding carboxylic acids is 2. The Labute approximate surface area is 162 Å². The molecule has 1 aliphatic rings. The number of hydrogen-bond acceptors (Lipinski definition) is 6. The zero-order chi connectivity index (χ0) is 19.7. The van der Waals surface area contributed by atoms with Gasteiger partial charge in [0.25, 0.3) is 5.91 Å². The van der Waals surface area contributed by atoms with E-state index in [4.69, 9.17) is 0 Å². The van der Waals surface area contributed by atoms with Crippen LogP contribution >= 0.6 is 24.3 Å². The molecule has 0 aromatic heterocycles. The molecule has 3 amide bonds. The summed E-state index contributed by atoms with van der Waals surface area (Å²) in [5.41, 5.74) is -0.879. The highest BCUT2D eigenvalue weighted by Gasteiger charge is 2.54. The van der Waals surface area contributed by atoms with Gasteiger partial charge in [-0.05, 0) is 69.2 Å². The fourth-order valence-electron chi connectivity index (χ4n) is 2.71. The van der Waals surface area contributed by atoms with Gasteiger partial charge < -0.3 is 0 Å². The molecule has 1 heterocycles. The van der Waals surface area contributed by atoms with Gasteiger partial charge in [0, 0.05) is 36.3 Å². The molecule has 8 heteroatoms. The van der Waals surface area contributed by atoms with E-state index in [9.17, 15) is 9.59 Å². The molecule has 0 unspecified atom stereocenters. The maximum atomic E-state index is 13.0. The van der Waals surface area contributed by atoms with Gasteiger partial charge in [-0.15, -0.1) is 0 Å². The van der Waals surface area contributed by atoms with Crippen molar-refractivity contribution in [3.8, 4) is 0 Å². The first-order chi connectivity index (χ1) is 11.3. The van der Waals surface area contributed by atoms with Gasteiger partial charge >= 0.3 is 6.03 Å². The van der Waals surface area contributed by atoms with E-state index < -0.39 is 5.54 Å². The minimum Gasteiger partial charge on any atom is -0.271 e. The molecule has 0 atom stereocenters. The van der Waals surface area contributed by atoms with Crippen molar-refractivity contribution in [3.05, 3.63) is 0 Å². The molecule has 0 radical (unpaired) electrons. The highest BCUT2D eigenvalue weighted by atomic mass is 32.2. The average molecular weight is 391 g/mol. The molecule has 1 rings (SSSR count). The quantitative estimate of drug-likeness (QED) is 0.452. The first-order valence-electron chi connectivity index (χ1n) is 8.93. The van der Waals surface area contributed by atoms with Crippen LogP contribution in [0.1, 0.15) is 69.2 Å². The topological polar surface area (TPSA) is 47.1 Å². The normalized spacial score (nSPS) is 18.4. The number of imide groups is 1. The number of rotatable bonds is 8. The predicted octanol–water partition coefficient (Wildman–Crippen LogP) is 4.39. The van der Waals surface area contributed by atoms with Crippen molar-refractivity contribution in [2.45, 2.75) is 98.9 Å². The summed E-state index contributed by atoms with van der Waals surface area (Å²) in [4.78, 5) is 26.0. The number of hydrogen-bond donors (Lipinski definition) is 0. The van der Waals surface area contributed by atoms with Crippen LogP contribution in [0.3, 0.4) is 0 Å². The standard InChI is InChI=1S/C17H34N4O2S2/c1-11(2)18(12(3)4)24-20-15(22)17(9,10)21(16(20)23)25-19(13(5)6)14(7)8/h11-14H,1-10H3. The second kappa shape index (κ2) is 8.50. The van der Waals surface area contributed by atoms with Gasteiger partial charge in [-0.1, -0.05) is 0 Å². The Balaban J connectivity index is 3.07. The maximum absolute atomic E-state index is 13.0. The minimum atomic E-state index is -0.879. The molecule has 1 aliphatic heterocycles. The van der Waals surface area contributed by atoms with Crippen LogP contribution in [0, 0.1) is 0 Å². The van der Waals surface area contributed by atoms with Crippen LogP contribution in [0.2, 0.25) is 0 Å². The van der Waals surface area contributed by atoms with Gasteiger partial charge in [0.2, 0.25) is 0 Å². The highest BCUT2D eigenvalue weighted by molar-refractivity contribution is 7.97. The smallest absolute Gasteiger partial charge is 0.271 e. The van der Waals surface area contributed by atoms with Crippen molar-refractivity contribution in [3.63, 3.8) is 0 Å². The Hall–Kier alpha value is -0.440. The first kappa shape index (κ1) is 22.6. The summed E-state index contributed by atoms with van der Waals surface area (Å²) in [5, 5.41) is 0. The van der Waals surface area contributed by atoms with E-state index in [1.807, 2.05) is 13.8 Å². The monoisotopic (exact) mass is 390 g/mol. The summed E-state index contributed by atoms with van der Waals surface area (Å²) >= 11 is 2.59. The van der Waals surface area contributed by atoms with E-state index in [1.54, 1.807) is 4.31 Å². The van der Waals surface area contributed by atoms with Gasteiger partial charge in [0.05, 0.1) is 12.1 Å². The number of urea groups is 1. The lowest BCUT2D eigenvalue weighted by atomic mass is 10.1. The lowest BCUT2D eigenvalue weighted by Gasteiger charge is -2.35. The number of nitrogens with zero attached hydrogens (tertiary/aromatic N) is 4. The molecule has 0 spiro atoms. The largest absolute Gasteiger partial charge is 0.350 e. The van der Waals surface area contributed by atoms with Crippen molar-refractivity contribution in [2.24, 2.45) is 0 Å². The third-order valence-corrected chi connectivity index (χ3v) is 7.28. The third kappa shape index (κ3) is 4.84. The molecule has 0 aromatic rings. The van der Waals surface area contributed by atoms with E-state index in [1.165, 1.54) is 28.6 Å². The van der Waals surface area contributed by atoms with Crippen molar-refractivity contribution in [1.82, 2.24) is 17.2 Å². The first-order valence-corrected chi connectivity index (χ1v) is 10.4. The van der Waals surface area contributed by atoms with E-state index in [2.05, 4.69) is 64.0 Å². The molecule has 25 heavy (non-hydrogen) atoms. The summed E-state index contributed by atoms with van der Waals surface area (Å²) < 4.78 is 7.14. The predicted molar refractivity (Wildman–Crippen MR) is 108 cm³/mol. The lowest BCUT2D eigenvalue weighted by molar-refractivity contribution is -0.127. The molecule has 0 saturated carbocycles. The van der Waals surface area contributed by atoms with Crippen molar-refractivity contribution >= 4 is 36.2 Å². The molecular weight excluding hydrogens is 356 g/mol. The summed E-state index contributed by atoms with van der Waals surface area (Å²) in [5.74, 6) is -0.172. The molecule has 1 saturated heterocycles. The number of amides is 3. The average Bonchev–Trinajstić information content (AvgIpc) is 2.60. The molecule has 0 aliphatic carbocycles. The van der Waals surface area contributed by atoms with Crippen LogP contribution in [0.25, 0.3) is 0 Å². The van der Waals surface area contributed by atoms with Crippen molar-refractivity contribution < 1.29 is 9.59 Å². The molecule has 0 aromatic carbocycles. The Morgan fingerprint density at radius 2 is 1.12 bits per heavy atom. The van der Waals surface area contributed by atoms with Gasteiger partial charge in [0.1, 0.15) is 5.54 Å². The van der Waals surface area contributed by atoms with Gasteiger partial charge in [-0.2, -0.15) is 4.31 Å². The zero-order valence-electron chi connectivity index (χ0n) is 17.2. The Morgan fingerprint density at radius 1 is 0.760 bits per heavy atom. The molecular formula is C17H34N4O2S2. The van der Waals surface area contributed by atoms with Gasteiger partial charge in [-0.25, -0.2) is 17.7 Å². The lowest BCUT2D eigenvalue weighted by Crippen LogP contribution is -2.44. The summed E-state index contributed by atoms with van der Waals surface area (Å²) in [6.07, 6.45) is 0. The fourth-order valence-corrected chi connectivity index (χ4v) is 4.78. The molecule has 1 fully saturated rings. The second-order valence-electron chi connectivity index (χ2n) is 7.99. The molecule has 0 N–H and O–H groups in total. The highest BCUT2D eigenvalue weighted by Crippen LogP contribution is 2.41. The van der Waals surface area contributed by atoms with E-state index in [0.29, 0.717) is 0 Å². The van der Waals surface area contributed by atoms with Gasteiger partial charge in [0.15, 0.2) is 0 Å². The molecule has 146 valence electrons. The van der Waals surface area contributed by atoms with E-state index >= 15 is 0 Å². The van der Waals surface area contributed by atoms with Crippen LogP contribution < -0.4 is 0 Å². The van der Waals surface area contributed by atoms with E-state index in [0.717, 1.165) is 0 Å². The summed E-state index contributed by atoms with van der Waals surface area (Å²) in [7, 11) is 0. The number of carbonyl (C=O) groups is 2. The SMILES string of the molecule is CC(C)N(SN1C(=O)N(SN(C(C)C)C(C)C)C(C)(C)C1=O)C(C)C. The maximum Gasteiger partial charge on any atom is 0.350 e. The Bertz CT molecular complexity index is 479. The second-order valence-corrected chi connectivity index (χ2v) is 9.89. The van der Waals surface area contributed by atoms with Crippen molar-refractivity contribution in [1.29, 1.82) is 0 Å². The summed E-state index contributed by atoms with van der Waals surface area (Å²) in [6, 6.07) is 0.695. The van der Waals surface area contributed by atoms with Gasteiger partial charge in [-0.3, -0.25) is 4.79 Å². The van der Waals surface area contributed by atoms with Crippen LogP contribution in [-0.4, -0.2) is 58.9 Å². The molecule has 6 nitrogen and oxygen atoms in total. The third-order valence-electron chi connectivity index (χ3n) is 3.95. The Kier molecular flexibility index (Phi) is 7.68. The van der Waals surface area contributed by atoms with Crippen LogP contribution in [-0.2, 0) is 4.79 Å². The zero-order valence-corrected chi connectivity index (χ0v) is 18.9. The molecule has 0 bridgehead atoms. The Morgan fingerprint density at radius 3 is 1.48 bits per heavy atom. The van der Waals surface area contributed by atoms with Crippen molar-refractivity contribution in [2.75, 3.05) is 0 Å². The minimum absolute atomic E-state index is 0.172. The van der Waals surface area contributed by atoms with E-state index in [-0.39, 0.29) is 36.1 Å². The van der Waals surface area contributed by atoms with Crippen LogP contribution in [0.15, 0.2) is 0 Å². The van der Waals surface area contributed by atoms with Crippen LogP contribution in [0.5, 0.6) is 0 Å². The summed E-state index contributed by atoms with van der Waals surface area (Å²) in [6.45, 7) is 20.3.